The van der Waals surface area contributed by atoms with Crippen molar-refractivity contribution in [1.29, 1.82) is 5.26 Å². The zero-order valence-electron chi connectivity index (χ0n) is 11.1. The van der Waals surface area contributed by atoms with Crippen LogP contribution in [0, 0.1) is 18.3 Å². The molecule has 2 aliphatic heterocycles. The highest BCUT2D eigenvalue weighted by atomic mass is 35.5. The molecule has 2 amide bonds. The van der Waals surface area contributed by atoms with Crippen molar-refractivity contribution in [1.82, 2.24) is 4.90 Å². The van der Waals surface area contributed by atoms with E-state index in [4.69, 9.17) is 22.6 Å². The number of amides is 2. The Morgan fingerprint density at radius 1 is 1.50 bits per heavy atom. The minimum atomic E-state index is -0.0215. The molecule has 0 radical (unpaired) electrons. The Morgan fingerprint density at radius 2 is 2.25 bits per heavy atom. The van der Waals surface area contributed by atoms with Gasteiger partial charge in [-0.15, -0.1) is 0 Å². The predicted molar refractivity (Wildman–Crippen MR) is 76.7 cm³/mol. The number of urea groups is 1. The fourth-order valence-electron chi connectivity index (χ4n) is 3.02. The maximum absolute atomic E-state index is 12.4. The quantitative estimate of drug-likeness (QED) is 0.858. The normalized spacial score (nSPS) is 25.0. The lowest BCUT2D eigenvalue weighted by Crippen LogP contribution is -2.37. The average Bonchev–Trinajstić information content (AvgIpc) is 2.95. The van der Waals surface area contributed by atoms with Crippen LogP contribution in [0.3, 0.4) is 0 Å². The summed E-state index contributed by atoms with van der Waals surface area (Å²) in [6.07, 6.45) is 0.858. The van der Waals surface area contributed by atoms with Crippen molar-refractivity contribution in [3.63, 3.8) is 0 Å². The summed E-state index contributed by atoms with van der Waals surface area (Å²) in [4.78, 5) is 16.0. The number of fused-ring (bicyclic) bond motifs is 1. The maximum atomic E-state index is 12.4. The van der Waals surface area contributed by atoms with Crippen LogP contribution in [0.2, 0.25) is 5.02 Å². The van der Waals surface area contributed by atoms with Crippen molar-refractivity contribution in [2.45, 2.75) is 25.4 Å². The molecule has 3 rings (SSSR count). The number of rotatable bonds is 1. The van der Waals surface area contributed by atoms with E-state index in [1.165, 1.54) is 0 Å². The molecule has 1 aromatic carbocycles. The van der Waals surface area contributed by atoms with Crippen LogP contribution in [-0.2, 0) is 0 Å². The first-order valence-electron chi connectivity index (χ1n) is 6.57. The molecule has 2 saturated heterocycles. The number of hydrogen-bond acceptors (Lipinski definition) is 3. The lowest BCUT2D eigenvalue weighted by atomic mass is 10.1. The highest BCUT2D eigenvalue weighted by Crippen LogP contribution is 2.35. The molecular weight excluding hydrogens is 276 g/mol. The molecule has 1 aromatic rings. The average molecular weight is 291 g/mol. The van der Waals surface area contributed by atoms with Crippen molar-refractivity contribution in [3.8, 4) is 6.07 Å². The van der Waals surface area contributed by atoms with Gasteiger partial charge in [-0.3, -0.25) is 4.90 Å². The van der Waals surface area contributed by atoms with Gasteiger partial charge in [0.2, 0.25) is 0 Å². The van der Waals surface area contributed by atoms with Gasteiger partial charge in [0.25, 0.3) is 0 Å². The summed E-state index contributed by atoms with van der Waals surface area (Å²) in [5.41, 5.74) is 8.00. The molecule has 2 heterocycles. The molecule has 0 bridgehead atoms. The summed E-state index contributed by atoms with van der Waals surface area (Å²) in [7, 11) is 0. The van der Waals surface area contributed by atoms with E-state index >= 15 is 0 Å². The van der Waals surface area contributed by atoms with Gasteiger partial charge in [0.05, 0.1) is 16.6 Å². The van der Waals surface area contributed by atoms with Crippen LogP contribution in [0.5, 0.6) is 0 Å². The molecule has 2 aliphatic rings. The molecule has 2 atom stereocenters. The van der Waals surface area contributed by atoms with Crippen molar-refractivity contribution < 1.29 is 4.79 Å². The lowest BCUT2D eigenvalue weighted by Gasteiger charge is -2.20. The van der Waals surface area contributed by atoms with E-state index < -0.39 is 0 Å². The molecule has 104 valence electrons. The first kappa shape index (κ1) is 13.2. The Kier molecular flexibility index (Phi) is 3.08. The Morgan fingerprint density at radius 3 is 2.90 bits per heavy atom. The highest BCUT2D eigenvalue weighted by molar-refractivity contribution is 6.33. The number of carbonyl (C=O) groups excluding carboxylic acids is 1. The third kappa shape index (κ3) is 1.76. The van der Waals surface area contributed by atoms with Crippen molar-refractivity contribution >= 4 is 23.3 Å². The number of nitriles is 1. The maximum Gasteiger partial charge on any atom is 0.324 e. The van der Waals surface area contributed by atoms with Gasteiger partial charge in [-0.25, -0.2) is 4.79 Å². The van der Waals surface area contributed by atoms with Crippen LogP contribution in [0.25, 0.3) is 0 Å². The SMILES string of the molecule is Cc1c(N2CC3[C@H](N)CCN3C2=O)ccc(C#N)c1Cl. The molecule has 6 heteroatoms. The zero-order valence-corrected chi connectivity index (χ0v) is 11.9. The number of halogens is 1. The van der Waals surface area contributed by atoms with E-state index in [0.29, 0.717) is 23.7 Å². The third-order valence-electron chi connectivity index (χ3n) is 4.21. The monoisotopic (exact) mass is 290 g/mol. The second kappa shape index (κ2) is 4.65. The van der Waals surface area contributed by atoms with Gasteiger partial charge in [0.1, 0.15) is 6.07 Å². The first-order chi connectivity index (χ1) is 9.54. The van der Waals surface area contributed by atoms with Gasteiger partial charge < -0.3 is 10.6 Å². The van der Waals surface area contributed by atoms with E-state index in [1.807, 2.05) is 17.9 Å². The van der Waals surface area contributed by atoms with Crippen molar-refractivity contribution in [2.24, 2.45) is 5.73 Å². The third-order valence-corrected chi connectivity index (χ3v) is 4.70. The summed E-state index contributed by atoms with van der Waals surface area (Å²) in [6.45, 7) is 3.13. The molecule has 2 N–H and O–H groups in total. The number of nitrogens with two attached hydrogens (primary N) is 1. The number of anilines is 1. The number of hydrogen-bond donors (Lipinski definition) is 1. The zero-order chi connectivity index (χ0) is 14.4. The molecule has 0 spiro atoms. The van der Waals surface area contributed by atoms with Crippen LogP contribution in [0.1, 0.15) is 17.5 Å². The van der Waals surface area contributed by atoms with Gasteiger partial charge in [-0.1, -0.05) is 11.6 Å². The summed E-state index contributed by atoms with van der Waals surface area (Å²) < 4.78 is 0. The summed E-state index contributed by atoms with van der Waals surface area (Å²) >= 11 is 6.18. The summed E-state index contributed by atoms with van der Waals surface area (Å²) in [5.74, 6) is 0. The first-order valence-corrected chi connectivity index (χ1v) is 6.95. The summed E-state index contributed by atoms with van der Waals surface area (Å²) in [6, 6.07) is 5.58. The molecule has 0 aliphatic carbocycles. The fraction of sp³-hybridized carbons (Fsp3) is 0.429. The Bertz CT molecular complexity index is 624. The van der Waals surface area contributed by atoms with E-state index in [-0.39, 0.29) is 18.1 Å². The summed E-state index contributed by atoms with van der Waals surface area (Å²) in [5, 5.41) is 9.39. The van der Waals surface area contributed by atoms with Crippen LogP contribution < -0.4 is 10.6 Å². The fourth-order valence-corrected chi connectivity index (χ4v) is 3.23. The minimum Gasteiger partial charge on any atom is -0.326 e. The van der Waals surface area contributed by atoms with Crippen molar-refractivity contribution in [2.75, 3.05) is 18.0 Å². The van der Waals surface area contributed by atoms with E-state index in [0.717, 1.165) is 17.7 Å². The molecule has 0 aromatic heterocycles. The van der Waals surface area contributed by atoms with Gasteiger partial charge in [-0.2, -0.15) is 5.26 Å². The number of benzene rings is 1. The Balaban J connectivity index is 1.98. The highest BCUT2D eigenvalue weighted by Gasteiger charge is 2.45. The minimum absolute atomic E-state index is 0.0215. The molecule has 2 fully saturated rings. The van der Waals surface area contributed by atoms with Crippen molar-refractivity contribution in [3.05, 3.63) is 28.3 Å². The van der Waals surface area contributed by atoms with Crippen LogP contribution in [0.15, 0.2) is 12.1 Å². The number of carbonyl (C=O) groups is 1. The molecule has 0 saturated carbocycles. The predicted octanol–water partition coefficient (Wildman–Crippen LogP) is 1.86. The second-order valence-corrected chi connectivity index (χ2v) is 5.67. The Labute approximate surface area is 122 Å². The second-order valence-electron chi connectivity index (χ2n) is 5.29. The van der Waals surface area contributed by atoms with Gasteiger partial charge >= 0.3 is 6.03 Å². The van der Waals surface area contributed by atoms with E-state index in [1.54, 1.807) is 17.0 Å². The van der Waals surface area contributed by atoms with Gasteiger partial charge in [-0.05, 0) is 31.0 Å². The van der Waals surface area contributed by atoms with Crippen LogP contribution >= 0.6 is 11.6 Å². The standard InChI is InChI=1S/C14H15ClN4O/c1-8-11(3-2-9(6-16)13(8)15)19-7-12-10(17)4-5-18(12)14(19)20/h2-3,10,12H,4-5,7,17H2,1H3/t10-,12?/m1/s1. The smallest absolute Gasteiger partial charge is 0.324 e. The molecule has 1 unspecified atom stereocenters. The van der Waals surface area contributed by atoms with Gasteiger partial charge in [0.15, 0.2) is 0 Å². The molecule has 20 heavy (non-hydrogen) atoms. The lowest BCUT2D eigenvalue weighted by molar-refractivity contribution is 0.218. The molecule has 5 nitrogen and oxygen atoms in total. The molecular formula is C14H15ClN4O. The van der Waals surface area contributed by atoms with Crippen LogP contribution in [0.4, 0.5) is 10.5 Å². The van der Waals surface area contributed by atoms with E-state index in [2.05, 4.69) is 0 Å². The van der Waals surface area contributed by atoms with Gasteiger partial charge in [0, 0.05) is 24.8 Å². The number of nitrogens with zero attached hydrogens (tertiary/aromatic N) is 3. The van der Waals surface area contributed by atoms with Crippen LogP contribution in [-0.4, -0.2) is 36.1 Å². The topological polar surface area (TPSA) is 73.4 Å². The van der Waals surface area contributed by atoms with E-state index in [9.17, 15) is 4.79 Å². The Hall–Kier alpha value is -1.77. The largest absolute Gasteiger partial charge is 0.326 e.